The second-order valence-corrected chi connectivity index (χ2v) is 5.98. The van der Waals surface area contributed by atoms with Crippen molar-refractivity contribution < 1.29 is 14.3 Å². The predicted octanol–water partition coefficient (Wildman–Crippen LogP) is 0.472. The third kappa shape index (κ3) is 2.99. The number of carbonyl (C=O) groups is 2. The highest BCUT2D eigenvalue weighted by molar-refractivity contribution is 5.83. The van der Waals surface area contributed by atoms with Gasteiger partial charge in [-0.15, -0.1) is 0 Å². The highest BCUT2D eigenvalue weighted by Crippen LogP contribution is 2.23. The lowest BCUT2D eigenvalue weighted by Gasteiger charge is -2.33. The summed E-state index contributed by atoms with van der Waals surface area (Å²) in [6.45, 7) is 0.843. The van der Waals surface area contributed by atoms with Crippen molar-refractivity contribution in [2.75, 3.05) is 20.3 Å². The number of fused-ring (bicyclic) bond motifs is 1. The maximum atomic E-state index is 12.6. The van der Waals surface area contributed by atoms with Gasteiger partial charge in [-0.2, -0.15) is 5.10 Å². The van der Waals surface area contributed by atoms with Gasteiger partial charge in [-0.25, -0.2) is 0 Å². The Morgan fingerprint density at radius 2 is 2.18 bits per heavy atom. The molecule has 0 spiro atoms. The molecule has 0 aromatic carbocycles. The largest absolute Gasteiger partial charge is 0.375 e. The van der Waals surface area contributed by atoms with E-state index in [-0.39, 0.29) is 24.5 Å². The summed E-state index contributed by atoms with van der Waals surface area (Å²) in [5, 5.41) is 7.36. The Morgan fingerprint density at radius 3 is 2.91 bits per heavy atom. The highest BCUT2D eigenvalue weighted by atomic mass is 16.5. The average Bonchev–Trinajstić information content (AvgIpc) is 3.16. The summed E-state index contributed by atoms with van der Waals surface area (Å²) in [7, 11) is 1.50. The van der Waals surface area contributed by atoms with E-state index in [2.05, 4.69) is 10.4 Å². The first-order valence-electron chi connectivity index (χ1n) is 7.78. The topological polar surface area (TPSA) is 76.5 Å². The standard InChI is InChI=1S/C15H22N4O3/c1-22-10-14(20)18-8-12-6-7-16-19(12)13(9-18)15(21)17-11-4-2-3-5-11/h6-7,11,13H,2-5,8-10H2,1H3,(H,17,21)/t13-/m0/s1. The summed E-state index contributed by atoms with van der Waals surface area (Å²) < 4.78 is 6.65. The van der Waals surface area contributed by atoms with Crippen molar-refractivity contribution in [3.8, 4) is 0 Å². The van der Waals surface area contributed by atoms with E-state index in [4.69, 9.17) is 4.74 Å². The quantitative estimate of drug-likeness (QED) is 0.877. The number of amides is 2. The molecule has 2 heterocycles. The van der Waals surface area contributed by atoms with Crippen LogP contribution in [0.25, 0.3) is 0 Å². The molecule has 0 saturated heterocycles. The zero-order valence-corrected chi connectivity index (χ0v) is 12.8. The molecule has 1 atom stereocenters. The van der Waals surface area contributed by atoms with Gasteiger partial charge in [-0.05, 0) is 18.9 Å². The fourth-order valence-electron chi connectivity index (χ4n) is 3.26. The van der Waals surface area contributed by atoms with Crippen LogP contribution in [0.3, 0.4) is 0 Å². The first kappa shape index (κ1) is 15.0. The van der Waals surface area contributed by atoms with Crippen molar-refractivity contribution in [1.29, 1.82) is 0 Å². The maximum Gasteiger partial charge on any atom is 0.248 e. The fraction of sp³-hybridized carbons (Fsp3) is 0.667. The zero-order valence-electron chi connectivity index (χ0n) is 12.8. The van der Waals surface area contributed by atoms with Crippen LogP contribution >= 0.6 is 0 Å². The molecule has 0 bridgehead atoms. The molecule has 2 aliphatic rings. The summed E-state index contributed by atoms with van der Waals surface area (Å²) in [5.74, 6) is -0.152. The third-order valence-corrected chi connectivity index (χ3v) is 4.42. The van der Waals surface area contributed by atoms with Gasteiger partial charge in [-0.1, -0.05) is 12.8 Å². The van der Waals surface area contributed by atoms with Gasteiger partial charge >= 0.3 is 0 Å². The van der Waals surface area contributed by atoms with Gasteiger partial charge in [0.05, 0.1) is 18.8 Å². The Kier molecular flexibility index (Phi) is 4.42. The summed E-state index contributed by atoms with van der Waals surface area (Å²) >= 11 is 0. The number of ether oxygens (including phenoxy) is 1. The number of carbonyl (C=O) groups excluding carboxylic acids is 2. The molecule has 2 amide bonds. The van der Waals surface area contributed by atoms with Crippen LogP contribution in [0, 0.1) is 0 Å². The number of nitrogens with zero attached hydrogens (tertiary/aromatic N) is 3. The summed E-state index contributed by atoms with van der Waals surface area (Å²) in [6, 6.07) is 1.65. The van der Waals surface area contributed by atoms with Gasteiger partial charge < -0.3 is 15.0 Å². The fourth-order valence-corrected chi connectivity index (χ4v) is 3.26. The molecule has 1 N–H and O–H groups in total. The number of methoxy groups -OCH3 is 1. The number of hydrogen-bond donors (Lipinski definition) is 1. The Morgan fingerprint density at radius 1 is 1.41 bits per heavy atom. The number of rotatable bonds is 4. The van der Waals surface area contributed by atoms with Crippen molar-refractivity contribution >= 4 is 11.8 Å². The van der Waals surface area contributed by atoms with E-state index in [9.17, 15) is 9.59 Å². The minimum Gasteiger partial charge on any atom is -0.375 e. The molecule has 7 nitrogen and oxygen atoms in total. The van der Waals surface area contributed by atoms with Gasteiger partial charge in [0.15, 0.2) is 0 Å². The SMILES string of the molecule is COCC(=O)N1Cc2ccnn2[C@H](C(=O)NC2CCCC2)C1. The van der Waals surface area contributed by atoms with Crippen LogP contribution in [-0.4, -0.2) is 52.8 Å². The molecule has 1 fully saturated rings. The molecule has 7 heteroatoms. The van der Waals surface area contributed by atoms with Crippen molar-refractivity contribution in [3.05, 3.63) is 18.0 Å². The Hall–Kier alpha value is -1.89. The van der Waals surface area contributed by atoms with Crippen LogP contribution in [0.4, 0.5) is 0 Å². The van der Waals surface area contributed by atoms with E-state index in [1.54, 1.807) is 15.8 Å². The minimum absolute atomic E-state index is 0.0328. The molecule has 1 aromatic rings. The van der Waals surface area contributed by atoms with Crippen LogP contribution in [0.15, 0.2) is 12.3 Å². The molecule has 120 valence electrons. The monoisotopic (exact) mass is 306 g/mol. The number of hydrogen-bond acceptors (Lipinski definition) is 4. The second-order valence-electron chi connectivity index (χ2n) is 5.98. The van der Waals surface area contributed by atoms with Crippen LogP contribution in [0.5, 0.6) is 0 Å². The maximum absolute atomic E-state index is 12.6. The van der Waals surface area contributed by atoms with Gasteiger partial charge in [-0.3, -0.25) is 14.3 Å². The van der Waals surface area contributed by atoms with Gasteiger partial charge in [0.2, 0.25) is 11.8 Å². The summed E-state index contributed by atoms with van der Waals surface area (Å²) in [6.07, 6.45) is 6.09. The van der Waals surface area contributed by atoms with E-state index in [1.807, 2.05) is 6.07 Å². The van der Waals surface area contributed by atoms with Crippen LogP contribution in [-0.2, 0) is 20.9 Å². The average molecular weight is 306 g/mol. The Balaban J connectivity index is 1.74. The Labute approximate surface area is 129 Å². The first-order valence-corrected chi connectivity index (χ1v) is 7.78. The minimum atomic E-state index is -0.458. The van der Waals surface area contributed by atoms with Gasteiger partial charge in [0.1, 0.15) is 12.6 Å². The molecular formula is C15H22N4O3. The summed E-state index contributed by atoms with van der Waals surface area (Å²) in [5.41, 5.74) is 0.877. The van der Waals surface area contributed by atoms with Crippen LogP contribution < -0.4 is 5.32 Å². The van der Waals surface area contributed by atoms with E-state index in [1.165, 1.54) is 20.0 Å². The van der Waals surface area contributed by atoms with E-state index < -0.39 is 6.04 Å². The van der Waals surface area contributed by atoms with Crippen LogP contribution in [0.1, 0.15) is 37.4 Å². The smallest absolute Gasteiger partial charge is 0.248 e. The lowest BCUT2D eigenvalue weighted by Crippen LogP contribution is -2.49. The lowest BCUT2D eigenvalue weighted by atomic mass is 10.1. The van der Waals surface area contributed by atoms with E-state index in [0.29, 0.717) is 13.1 Å². The highest BCUT2D eigenvalue weighted by Gasteiger charge is 2.34. The van der Waals surface area contributed by atoms with Gasteiger partial charge in [0, 0.05) is 19.3 Å². The van der Waals surface area contributed by atoms with Crippen molar-refractivity contribution in [1.82, 2.24) is 20.0 Å². The molecule has 1 aliphatic heterocycles. The van der Waals surface area contributed by atoms with E-state index in [0.717, 1.165) is 18.5 Å². The normalized spacial score (nSPS) is 21.7. The lowest BCUT2D eigenvalue weighted by molar-refractivity contribution is -0.139. The summed E-state index contributed by atoms with van der Waals surface area (Å²) in [4.78, 5) is 26.3. The zero-order chi connectivity index (χ0) is 15.5. The third-order valence-electron chi connectivity index (χ3n) is 4.42. The van der Waals surface area contributed by atoms with Crippen LogP contribution in [0.2, 0.25) is 0 Å². The molecule has 0 unspecified atom stereocenters. The first-order chi connectivity index (χ1) is 10.7. The van der Waals surface area contributed by atoms with Crippen molar-refractivity contribution in [2.24, 2.45) is 0 Å². The molecule has 3 rings (SSSR count). The molecule has 1 aliphatic carbocycles. The molecule has 22 heavy (non-hydrogen) atoms. The van der Waals surface area contributed by atoms with Gasteiger partial charge in [0.25, 0.3) is 0 Å². The number of nitrogens with one attached hydrogen (secondary N) is 1. The van der Waals surface area contributed by atoms with Crippen molar-refractivity contribution in [2.45, 2.75) is 44.3 Å². The predicted molar refractivity (Wildman–Crippen MR) is 79.0 cm³/mol. The molecular weight excluding hydrogens is 284 g/mol. The Bertz CT molecular complexity index is 551. The number of aromatic nitrogens is 2. The molecule has 1 aromatic heterocycles. The second kappa shape index (κ2) is 6.48. The molecule has 1 saturated carbocycles. The van der Waals surface area contributed by atoms with E-state index >= 15 is 0 Å². The van der Waals surface area contributed by atoms with Crippen molar-refractivity contribution in [3.63, 3.8) is 0 Å². The molecule has 0 radical (unpaired) electrons.